The van der Waals surface area contributed by atoms with Gasteiger partial charge in [0.25, 0.3) is 0 Å². The molecule has 1 amide bonds. The predicted octanol–water partition coefficient (Wildman–Crippen LogP) is 7.00. The second-order valence-corrected chi connectivity index (χ2v) is 10.6. The number of carbonyl (C=O) groups excluding carboxylic acids is 2. The molecule has 1 rings (SSSR count). The topological polar surface area (TPSA) is 90.6 Å². The fourth-order valence-corrected chi connectivity index (χ4v) is 4.65. The lowest BCUT2D eigenvalue weighted by Gasteiger charge is -2.11. The molecule has 0 saturated heterocycles. The van der Waals surface area contributed by atoms with E-state index < -0.39 is 12.0 Å². The molecule has 0 spiro atoms. The standard InChI is InChI=1S/C29H50N2O4S/c1-2-3-4-5-6-7-8-9-10-11-12-13-14-18-22-34-29(33)31-21-23-36-25-27(30)28(32)35-24-26-19-16-15-17-20-26/h15-17,19-20,27H,2-14,18,21-25,30H2,1H3,(H,31,33). The van der Waals surface area contributed by atoms with Crippen molar-refractivity contribution in [2.45, 2.75) is 109 Å². The maximum atomic E-state index is 12.0. The van der Waals surface area contributed by atoms with Crippen molar-refractivity contribution in [3.63, 3.8) is 0 Å². The summed E-state index contributed by atoms with van der Waals surface area (Å²) in [5, 5.41) is 2.74. The largest absolute Gasteiger partial charge is 0.460 e. The van der Waals surface area contributed by atoms with Gasteiger partial charge in [0.2, 0.25) is 0 Å². The first kappa shape index (κ1) is 32.3. The average molecular weight is 523 g/mol. The van der Waals surface area contributed by atoms with Crippen LogP contribution in [-0.4, -0.2) is 42.8 Å². The van der Waals surface area contributed by atoms with Gasteiger partial charge in [0, 0.05) is 18.1 Å². The number of hydrogen-bond acceptors (Lipinski definition) is 6. The third-order valence-corrected chi connectivity index (χ3v) is 7.16. The summed E-state index contributed by atoms with van der Waals surface area (Å²) >= 11 is 1.51. The molecule has 1 aromatic carbocycles. The first-order valence-corrected chi connectivity index (χ1v) is 15.2. The molecule has 0 aliphatic rings. The number of hydrogen-bond donors (Lipinski definition) is 2. The second kappa shape index (κ2) is 23.7. The van der Waals surface area contributed by atoms with Crippen molar-refractivity contribution in [1.29, 1.82) is 0 Å². The Morgan fingerprint density at radius 1 is 0.833 bits per heavy atom. The fraction of sp³-hybridized carbons (Fsp3) is 0.724. The number of nitrogens with one attached hydrogen (secondary N) is 1. The molecular formula is C29H50N2O4S. The molecule has 7 heteroatoms. The van der Waals surface area contributed by atoms with Crippen LogP contribution in [0.5, 0.6) is 0 Å². The van der Waals surface area contributed by atoms with Crippen LogP contribution >= 0.6 is 11.8 Å². The van der Waals surface area contributed by atoms with Crippen molar-refractivity contribution in [1.82, 2.24) is 5.32 Å². The molecule has 0 aliphatic carbocycles. The third kappa shape index (κ3) is 19.5. The molecule has 1 aromatic rings. The van der Waals surface area contributed by atoms with Gasteiger partial charge < -0.3 is 20.5 Å². The summed E-state index contributed by atoms with van der Waals surface area (Å²) in [6.45, 7) is 3.44. The quantitative estimate of drug-likeness (QED) is 0.119. The van der Waals surface area contributed by atoms with Gasteiger partial charge in [-0.1, -0.05) is 121 Å². The summed E-state index contributed by atoms with van der Waals surface area (Å²) in [6.07, 6.45) is 17.9. The van der Waals surface area contributed by atoms with E-state index >= 15 is 0 Å². The molecule has 0 heterocycles. The molecule has 3 N–H and O–H groups in total. The first-order valence-electron chi connectivity index (χ1n) is 14.1. The number of nitrogens with two attached hydrogens (primary N) is 1. The molecule has 0 fully saturated rings. The van der Waals surface area contributed by atoms with E-state index in [9.17, 15) is 9.59 Å². The van der Waals surface area contributed by atoms with Crippen molar-refractivity contribution in [3.8, 4) is 0 Å². The number of thioether (sulfide) groups is 1. The van der Waals surface area contributed by atoms with E-state index in [1.165, 1.54) is 88.8 Å². The maximum absolute atomic E-state index is 12.0. The Balaban J connectivity index is 1.83. The van der Waals surface area contributed by atoms with Crippen LogP contribution in [0.15, 0.2) is 30.3 Å². The predicted molar refractivity (Wildman–Crippen MR) is 151 cm³/mol. The zero-order valence-corrected chi connectivity index (χ0v) is 23.3. The number of unbranched alkanes of at least 4 members (excludes halogenated alkanes) is 13. The average Bonchev–Trinajstić information content (AvgIpc) is 2.89. The molecule has 0 bridgehead atoms. The highest BCUT2D eigenvalue weighted by Crippen LogP contribution is 2.13. The Morgan fingerprint density at radius 3 is 1.97 bits per heavy atom. The van der Waals surface area contributed by atoms with E-state index in [1.807, 2.05) is 30.3 Å². The number of esters is 1. The van der Waals surface area contributed by atoms with E-state index in [1.54, 1.807) is 0 Å². The van der Waals surface area contributed by atoms with Crippen molar-refractivity contribution < 1.29 is 19.1 Å². The minimum Gasteiger partial charge on any atom is -0.460 e. The number of amides is 1. The monoisotopic (exact) mass is 522 g/mol. The Labute approximate surface area is 223 Å². The van der Waals surface area contributed by atoms with Gasteiger partial charge in [-0.15, -0.1) is 0 Å². The molecule has 0 saturated carbocycles. The van der Waals surface area contributed by atoms with E-state index in [0.29, 0.717) is 24.7 Å². The van der Waals surface area contributed by atoms with E-state index in [4.69, 9.17) is 15.2 Å². The Hall–Kier alpha value is -1.73. The lowest BCUT2D eigenvalue weighted by atomic mass is 10.0. The minimum absolute atomic E-state index is 0.227. The SMILES string of the molecule is CCCCCCCCCCCCCCCCOC(=O)NCCSCC(N)C(=O)OCc1ccccc1. The van der Waals surface area contributed by atoms with Gasteiger partial charge in [0.15, 0.2) is 0 Å². The Bertz CT molecular complexity index is 660. The molecule has 36 heavy (non-hydrogen) atoms. The zero-order valence-electron chi connectivity index (χ0n) is 22.5. The van der Waals surface area contributed by atoms with E-state index in [0.717, 1.165) is 18.4 Å². The van der Waals surface area contributed by atoms with Gasteiger partial charge in [-0.25, -0.2) is 4.79 Å². The molecule has 1 atom stereocenters. The number of ether oxygens (including phenoxy) is 2. The number of alkyl carbamates (subject to hydrolysis) is 1. The second-order valence-electron chi connectivity index (χ2n) is 9.43. The summed E-state index contributed by atoms with van der Waals surface area (Å²) in [5.74, 6) is 0.698. The van der Waals surface area contributed by atoms with Gasteiger partial charge in [-0.3, -0.25) is 4.79 Å². The van der Waals surface area contributed by atoms with Crippen molar-refractivity contribution >= 4 is 23.8 Å². The van der Waals surface area contributed by atoms with Gasteiger partial charge in [0.05, 0.1) is 6.61 Å². The normalized spacial score (nSPS) is 11.7. The van der Waals surface area contributed by atoms with Crippen LogP contribution in [-0.2, 0) is 20.9 Å². The highest BCUT2D eigenvalue weighted by Gasteiger charge is 2.15. The van der Waals surface area contributed by atoms with Gasteiger partial charge in [-0.05, 0) is 12.0 Å². The summed E-state index contributed by atoms with van der Waals surface area (Å²) in [5.41, 5.74) is 6.82. The molecule has 0 aromatic heterocycles. The van der Waals surface area contributed by atoms with Gasteiger partial charge in [0.1, 0.15) is 12.6 Å². The highest BCUT2D eigenvalue weighted by molar-refractivity contribution is 7.99. The number of carbonyl (C=O) groups is 2. The number of rotatable bonds is 23. The molecule has 6 nitrogen and oxygen atoms in total. The van der Waals surface area contributed by atoms with Crippen molar-refractivity contribution in [2.75, 3.05) is 24.7 Å². The highest BCUT2D eigenvalue weighted by atomic mass is 32.2. The van der Waals surface area contributed by atoms with E-state index in [2.05, 4.69) is 12.2 Å². The summed E-state index contributed by atoms with van der Waals surface area (Å²) in [7, 11) is 0. The van der Waals surface area contributed by atoms with Crippen LogP contribution in [0.4, 0.5) is 4.79 Å². The van der Waals surface area contributed by atoms with Crippen LogP contribution in [0.2, 0.25) is 0 Å². The maximum Gasteiger partial charge on any atom is 0.407 e. The molecular weight excluding hydrogens is 472 g/mol. The smallest absolute Gasteiger partial charge is 0.407 e. The van der Waals surface area contributed by atoms with Crippen LogP contribution in [0.25, 0.3) is 0 Å². The Morgan fingerprint density at radius 2 is 1.39 bits per heavy atom. The van der Waals surface area contributed by atoms with Crippen LogP contribution < -0.4 is 11.1 Å². The van der Waals surface area contributed by atoms with E-state index in [-0.39, 0.29) is 12.7 Å². The molecule has 1 unspecified atom stereocenters. The van der Waals surface area contributed by atoms with Crippen molar-refractivity contribution in [2.24, 2.45) is 5.73 Å². The molecule has 0 radical (unpaired) electrons. The number of benzene rings is 1. The lowest BCUT2D eigenvalue weighted by Crippen LogP contribution is -2.35. The summed E-state index contributed by atoms with van der Waals surface area (Å²) in [4.78, 5) is 23.7. The lowest BCUT2D eigenvalue weighted by molar-refractivity contribution is -0.145. The fourth-order valence-electron chi connectivity index (χ4n) is 3.85. The summed E-state index contributed by atoms with van der Waals surface area (Å²) < 4.78 is 10.5. The summed E-state index contributed by atoms with van der Waals surface area (Å²) in [6, 6.07) is 8.84. The van der Waals surface area contributed by atoms with Crippen LogP contribution in [0.3, 0.4) is 0 Å². The van der Waals surface area contributed by atoms with Crippen LogP contribution in [0, 0.1) is 0 Å². The van der Waals surface area contributed by atoms with Gasteiger partial charge >= 0.3 is 12.1 Å². The molecule has 206 valence electrons. The Kier molecular flexibility index (Phi) is 21.2. The third-order valence-electron chi connectivity index (χ3n) is 6.07. The minimum atomic E-state index is -0.675. The molecule has 0 aliphatic heterocycles. The first-order chi connectivity index (χ1) is 17.6. The van der Waals surface area contributed by atoms with Gasteiger partial charge in [-0.2, -0.15) is 11.8 Å². The zero-order chi connectivity index (χ0) is 26.1. The van der Waals surface area contributed by atoms with Crippen molar-refractivity contribution in [3.05, 3.63) is 35.9 Å². The van der Waals surface area contributed by atoms with Crippen LogP contribution in [0.1, 0.15) is 102 Å².